The van der Waals surface area contributed by atoms with Gasteiger partial charge in [0.05, 0.1) is 5.69 Å². The summed E-state index contributed by atoms with van der Waals surface area (Å²) in [6.45, 7) is 5.13. The summed E-state index contributed by atoms with van der Waals surface area (Å²) in [5, 5.41) is 0. The lowest BCUT2D eigenvalue weighted by Gasteiger charge is -2.10. The summed E-state index contributed by atoms with van der Waals surface area (Å²) < 4.78 is 5.81. The molecule has 3 nitrogen and oxygen atoms in total. The SMILES string of the molecule is Cc1ccc(OCc2ccnc(CN)c2)c(C)c1. The van der Waals surface area contributed by atoms with Gasteiger partial charge in [-0.25, -0.2) is 0 Å². The molecule has 2 rings (SSSR count). The molecule has 18 heavy (non-hydrogen) atoms. The minimum atomic E-state index is 0.456. The summed E-state index contributed by atoms with van der Waals surface area (Å²) >= 11 is 0. The van der Waals surface area contributed by atoms with E-state index in [1.165, 1.54) is 5.56 Å². The molecule has 0 atom stereocenters. The molecule has 0 unspecified atom stereocenters. The van der Waals surface area contributed by atoms with Crippen molar-refractivity contribution in [1.29, 1.82) is 0 Å². The van der Waals surface area contributed by atoms with E-state index in [0.29, 0.717) is 13.2 Å². The minimum Gasteiger partial charge on any atom is -0.489 e. The third-order valence-corrected chi connectivity index (χ3v) is 2.81. The van der Waals surface area contributed by atoms with Crippen LogP contribution in [0.25, 0.3) is 0 Å². The Balaban J connectivity index is 2.06. The summed E-state index contributed by atoms with van der Waals surface area (Å²) in [6.07, 6.45) is 1.77. The molecule has 0 radical (unpaired) electrons. The lowest BCUT2D eigenvalue weighted by atomic mass is 10.1. The molecule has 1 aromatic carbocycles. The van der Waals surface area contributed by atoms with Crippen molar-refractivity contribution < 1.29 is 4.74 Å². The van der Waals surface area contributed by atoms with Crippen molar-refractivity contribution in [3.63, 3.8) is 0 Å². The van der Waals surface area contributed by atoms with Crippen LogP contribution >= 0.6 is 0 Å². The normalized spacial score (nSPS) is 10.4. The highest BCUT2D eigenvalue weighted by molar-refractivity contribution is 5.35. The first-order chi connectivity index (χ1) is 8.69. The van der Waals surface area contributed by atoms with Gasteiger partial charge in [0.1, 0.15) is 12.4 Å². The van der Waals surface area contributed by atoms with Crippen LogP contribution in [0.5, 0.6) is 5.75 Å². The van der Waals surface area contributed by atoms with E-state index >= 15 is 0 Å². The summed E-state index contributed by atoms with van der Waals surface area (Å²) in [7, 11) is 0. The van der Waals surface area contributed by atoms with Crippen LogP contribution in [-0.4, -0.2) is 4.98 Å². The van der Waals surface area contributed by atoms with Gasteiger partial charge >= 0.3 is 0 Å². The monoisotopic (exact) mass is 242 g/mol. The predicted octanol–water partition coefficient (Wildman–Crippen LogP) is 2.74. The van der Waals surface area contributed by atoms with Crippen LogP contribution in [0, 0.1) is 13.8 Å². The third kappa shape index (κ3) is 3.08. The molecule has 2 aromatic rings. The summed E-state index contributed by atoms with van der Waals surface area (Å²) in [6, 6.07) is 10.1. The fourth-order valence-electron chi connectivity index (χ4n) is 1.85. The van der Waals surface area contributed by atoms with E-state index in [9.17, 15) is 0 Å². The Kier molecular flexibility index (Phi) is 3.95. The number of rotatable bonds is 4. The first-order valence-corrected chi connectivity index (χ1v) is 6.03. The molecule has 0 spiro atoms. The molecular formula is C15H18N2O. The van der Waals surface area contributed by atoms with Gasteiger partial charge in [-0.1, -0.05) is 17.7 Å². The molecule has 0 bridgehead atoms. The van der Waals surface area contributed by atoms with E-state index in [0.717, 1.165) is 22.6 Å². The average Bonchev–Trinajstić information content (AvgIpc) is 2.38. The van der Waals surface area contributed by atoms with Crippen LogP contribution in [-0.2, 0) is 13.2 Å². The Hall–Kier alpha value is -1.87. The van der Waals surface area contributed by atoms with Crippen LogP contribution in [0.4, 0.5) is 0 Å². The molecular weight excluding hydrogens is 224 g/mol. The van der Waals surface area contributed by atoms with Crippen molar-refractivity contribution in [2.24, 2.45) is 5.73 Å². The Morgan fingerprint density at radius 2 is 2.00 bits per heavy atom. The first kappa shape index (κ1) is 12.6. The molecule has 2 N–H and O–H groups in total. The fraction of sp³-hybridized carbons (Fsp3) is 0.267. The Morgan fingerprint density at radius 3 is 2.72 bits per heavy atom. The van der Waals surface area contributed by atoms with Gasteiger partial charge in [0, 0.05) is 12.7 Å². The van der Waals surface area contributed by atoms with E-state index < -0.39 is 0 Å². The fourth-order valence-corrected chi connectivity index (χ4v) is 1.85. The molecule has 0 aliphatic rings. The number of benzene rings is 1. The molecule has 0 saturated carbocycles. The zero-order valence-corrected chi connectivity index (χ0v) is 10.8. The van der Waals surface area contributed by atoms with Crippen LogP contribution in [0.3, 0.4) is 0 Å². The molecule has 1 aromatic heterocycles. The van der Waals surface area contributed by atoms with E-state index in [-0.39, 0.29) is 0 Å². The number of nitrogens with zero attached hydrogens (tertiary/aromatic N) is 1. The number of ether oxygens (including phenoxy) is 1. The van der Waals surface area contributed by atoms with Gasteiger partial charge in [-0.2, -0.15) is 0 Å². The molecule has 0 saturated heterocycles. The molecule has 0 amide bonds. The standard InChI is InChI=1S/C15H18N2O/c1-11-3-4-15(12(2)7-11)18-10-13-5-6-17-14(8-13)9-16/h3-8H,9-10,16H2,1-2H3. The summed E-state index contributed by atoms with van der Waals surface area (Å²) in [5.41, 5.74) is 9.94. The van der Waals surface area contributed by atoms with Crippen molar-refractivity contribution in [2.45, 2.75) is 27.0 Å². The highest BCUT2D eigenvalue weighted by Gasteiger charge is 2.01. The van der Waals surface area contributed by atoms with Gasteiger partial charge in [-0.05, 0) is 43.2 Å². The minimum absolute atomic E-state index is 0.456. The molecule has 0 aliphatic heterocycles. The zero-order chi connectivity index (χ0) is 13.0. The maximum Gasteiger partial charge on any atom is 0.122 e. The second kappa shape index (κ2) is 5.65. The quantitative estimate of drug-likeness (QED) is 0.896. The van der Waals surface area contributed by atoms with Crippen molar-refractivity contribution in [1.82, 2.24) is 4.98 Å². The maximum absolute atomic E-state index is 5.81. The predicted molar refractivity (Wildman–Crippen MR) is 72.4 cm³/mol. The topological polar surface area (TPSA) is 48.1 Å². The van der Waals surface area contributed by atoms with E-state index in [4.69, 9.17) is 10.5 Å². The summed E-state index contributed by atoms with van der Waals surface area (Å²) in [5.74, 6) is 0.923. The lowest BCUT2D eigenvalue weighted by molar-refractivity contribution is 0.304. The molecule has 94 valence electrons. The Labute approximate surface area is 108 Å². The van der Waals surface area contributed by atoms with E-state index in [2.05, 4.69) is 31.0 Å². The molecule has 0 aliphatic carbocycles. The van der Waals surface area contributed by atoms with Gasteiger partial charge < -0.3 is 10.5 Å². The number of pyridine rings is 1. The molecule has 3 heteroatoms. The van der Waals surface area contributed by atoms with Crippen LogP contribution in [0.2, 0.25) is 0 Å². The van der Waals surface area contributed by atoms with Crippen LogP contribution in [0.1, 0.15) is 22.4 Å². The van der Waals surface area contributed by atoms with Gasteiger partial charge in [0.15, 0.2) is 0 Å². The van der Waals surface area contributed by atoms with E-state index in [1.54, 1.807) is 6.20 Å². The lowest BCUT2D eigenvalue weighted by Crippen LogP contribution is -2.02. The highest BCUT2D eigenvalue weighted by atomic mass is 16.5. The molecule has 1 heterocycles. The maximum atomic E-state index is 5.81. The number of nitrogens with two attached hydrogens (primary N) is 1. The number of aryl methyl sites for hydroxylation is 2. The second-order valence-electron chi connectivity index (χ2n) is 4.42. The van der Waals surface area contributed by atoms with Gasteiger partial charge in [0.25, 0.3) is 0 Å². The van der Waals surface area contributed by atoms with Gasteiger partial charge in [-0.15, -0.1) is 0 Å². The largest absolute Gasteiger partial charge is 0.489 e. The Morgan fingerprint density at radius 1 is 1.17 bits per heavy atom. The van der Waals surface area contributed by atoms with Crippen molar-refractivity contribution in [3.05, 3.63) is 58.9 Å². The van der Waals surface area contributed by atoms with Crippen LogP contribution in [0.15, 0.2) is 36.5 Å². The number of hydrogen-bond donors (Lipinski definition) is 1. The van der Waals surface area contributed by atoms with Gasteiger partial charge in [-0.3, -0.25) is 4.98 Å². The highest BCUT2D eigenvalue weighted by Crippen LogP contribution is 2.20. The van der Waals surface area contributed by atoms with Crippen molar-refractivity contribution in [3.8, 4) is 5.75 Å². The first-order valence-electron chi connectivity index (χ1n) is 6.03. The van der Waals surface area contributed by atoms with Crippen LogP contribution < -0.4 is 10.5 Å². The third-order valence-electron chi connectivity index (χ3n) is 2.81. The number of hydrogen-bond acceptors (Lipinski definition) is 3. The summed E-state index contributed by atoms with van der Waals surface area (Å²) in [4.78, 5) is 4.16. The Bertz CT molecular complexity index is 538. The molecule has 0 fully saturated rings. The van der Waals surface area contributed by atoms with E-state index in [1.807, 2.05) is 18.2 Å². The van der Waals surface area contributed by atoms with Crippen molar-refractivity contribution in [2.75, 3.05) is 0 Å². The number of aromatic nitrogens is 1. The zero-order valence-electron chi connectivity index (χ0n) is 10.8. The smallest absolute Gasteiger partial charge is 0.122 e. The van der Waals surface area contributed by atoms with Crippen molar-refractivity contribution >= 4 is 0 Å². The van der Waals surface area contributed by atoms with Gasteiger partial charge in [0.2, 0.25) is 0 Å². The average molecular weight is 242 g/mol. The second-order valence-corrected chi connectivity index (χ2v) is 4.42.